The van der Waals surface area contributed by atoms with Crippen molar-refractivity contribution in [3.05, 3.63) is 0 Å². The maximum atomic E-state index is 5.85. The van der Waals surface area contributed by atoms with Crippen LogP contribution in [0.3, 0.4) is 0 Å². The Kier molecular flexibility index (Phi) is 9.18. The fourth-order valence-corrected chi connectivity index (χ4v) is 2.56. The summed E-state index contributed by atoms with van der Waals surface area (Å²) in [5.74, 6) is 2.38. The van der Waals surface area contributed by atoms with E-state index < -0.39 is 0 Å². The van der Waals surface area contributed by atoms with Crippen molar-refractivity contribution in [3.8, 4) is 0 Å². The van der Waals surface area contributed by atoms with Gasteiger partial charge >= 0.3 is 0 Å². The topological polar surface area (TPSA) is 26.0 Å². The van der Waals surface area contributed by atoms with Crippen LogP contribution in [0.5, 0.6) is 0 Å². The number of hydrogen-bond acceptors (Lipinski definition) is 1. The summed E-state index contributed by atoms with van der Waals surface area (Å²) in [4.78, 5) is 0. The smallest absolute Gasteiger partial charge is 0.00462 e. The van der Waals surface area contributed by atoms with E-state index in [0.29, 0.717) is 0 Å². The number of unbranched alkanes of at least 4 members (excludes halogenated alkanes) is 3. The molecule has 0 saturated carbocycles. The molecule has 0 spiro atoms. The third kappa shape index (κ3) is 6.19. The van der Waals surface area contributed by atoms with Crippen LogP contribution in [-0.2, 0) is 0 Å². The van der Waals surface area contributed by atoms with Gasteiger partial charge in [0, 0.05) is 0 Å². The normalized spacial score (nSPS) is 15.6. The molecule has 1 nitrogen and oxygen atoms in total. The van der Waals surface area contributed by atoms with Crippen molar-refractivity contribution in [2.45, 2.75) is 66.2 Å². The molecular weight excluding hydrogens is 182 g/mol. The standard InChI is InChI=1S/C14H31N/c1-5-7-8-9-10-14(12(3)4)13(6-2)11-15/h12-14H,5-11,15H2,1-4H3. The number of nitrogens with two attached hydrogens (primary N) is 1. The lowest BCUT2D eigenvalue weighted by atomic mass is 9.78. The molecule has 1 heteroatoms. The molecule has 2 atom stereocenters. The first-order valence-electron chi connectivity index (χ1n) is 6.87. The van der Waals surface area contributed by atoms with Crippen LogP contribution in [0.4, 0.5) is 0 Å². The van der Waals surface area contributed by atoms with E-state index in [1.807, 2.05) is 0 Å². The summed E-state index contributed by atoms with van der Waals surface area (Å²) in [6, 6.07) is 0. The van der Waals surface area contributed by atoms with Gasteiger partial charge in [-0.1, -0.05) is 59.8 Å². The Morgan fingerprint density at radius 3 is 2.07 bits per heavy atom. The van der Waals surface area contributed by atoms with E-state index in [4.69, 9.17) is 5.73 Å². The maximum Gasteiger partial charge on any atom is -0.00462 e. The van der Waals surface area contributed by atoms with Gasteiger partial charge in [-0.2, -0.15) is 0 Å². The van der Waals surface area contributed by atoms with Crippen molar-refractivity contribution in [1.82, 2.24) is 0 Å². The van der Waals surface area contributed by atoms with Gasteiger partial charge in [0.1, 0.15) is 0 Å². The van der Waals surface area contributed by atoms with Crippen LogP contribution in [0, 0.1) is 17.8 Å². The zero-order chi connectivity index (χ0) is 11.7. The first-order valence-corrected chi connectivity index (χ1v) is 6.87. The molecule has 0 aliphatic carbocycles. The van der Waals surface area contributed by atoms with Gasteiger partial charge in [-0.3, -0.25) is 0 Å². The number of hydrogen-bond donors (Lipinski definition) is 1. The Hall–Kier alpha value is -0.0400. The molecule has 0 fully saturated rings. The third-order valence-electron chi connectivity index (χ3n) is 3.68. The Balaban J connectivity index is 3.92. The molecule has 2 N–H and O–H groups in total. The molecular formula is C14H31N. The Bertz CT molecular complexity index is 127. The summed E-state index contributed by atoms with van der Waals surface area (Å²) in [5, 5.41) is 0. The lowest BCUT2D eigenvalue weighted by Crippen LogP contribution is -2.26. The van der Waals surface area contributed by atoms with Gasteiger partial charge in [-0.15, -0.1) is 0 Å². The largest absolute Gasteiger partial charge is 0.330 e. The highest BCUT2D eigenvalue weighted by Gasteiger charge is 2.21. The monoisotopic (exact) mass is 213 g/mol. The van der Waals surface area contributed by atoms with Crippen molar-refractivity contribution in [2.75, 3.05) is 6.54 Å². The quantitative estimate of drug-likeness (QED) is 0.570. The first kappa shape index (κ1) is 15.0. The van der Waals surface area contributed by atoms with Gasteiger partial charge in [-0.25, -0.2) is 0 Å². The van der Waals surface area contributed by atoms with Gasteiger partial charge in [0.05, 0.1) is 0 Å². The molecule has 0 aromatic rings. The van der Waals surface area contributed by atoms with Gasteiger partial charge in [0.2, 0.25) is 0 Å². The van der Waals surface area contributed by atoms with Gasteiger partial charge in [-0.05, 0) is 30.7 Å². The first-order chi connectivity index (χ1) is 7.17. The van der Waals surface area contributed by atoms with Gasteiger partial charge < -0.3 is 5.73 Å². The molecule has 0 aromatic carbocycles. The zero-order valence-electron chi connectivity index (χ0n) is 11.3. The Morgan fingerprint density at radius 2 is 1.67 bits per heavy atom. The van der Waals surface area contributed by atoms with E-state index in [1.54, 1.807) is 0 Å². The SMILES string of the molecule is CCCCCCC(C(C)C)C(CC)CN. The summed E-state index contributed by atoms with van der Waals surface area (Å²) >= 11 is 0. The minimum atomic E-state index is 0.742. The Morgan fingerprint density at radius 1 is 1.00 bits per heavy atom. The predicted octanol–water partition coefficient (Wildman–Crippen LogP) is 4.21. The molecule has 2 unspecified atom stereocenters. The average Bonchev–Trinajstić information content (AvgIpc) is 2.22. The molecule has 0 amide bonds. The zero-order valence-corrected chi connectivity index (χ0v) is 11.3. The average molecular weight is 213 g/mol. The van der Waals surface area contributed by atoms with Crippen molar-refractivity contribution in [1.29, 1.82) is 0 Å². The van der Waals surface area contributed by atoms with Crippen LogP contribution in [-0.4, -0.2) is 6.54 Å². The molecule has 0 aliphatic heterocycles. The molecule has 92 valence electrons. The van der Waals surface area contributed by atoms with Crippen LogP contribution in [0.25, 0.3) is 0 Å². The molecule has 0 radical (unpaired) electrons. The van der Waals surface area contributed by atoms with Gasteiger partial charge in [0.15, 0.2) is 0 Å². The molecule has 0 aliphatic rings. The van der Waals surface area contributed by atoms with E-state index in [2.05, 4.69) is 27.7 Å². The third-order valence-corrected chi connectivity index (χ3v) is 3.68. The highest BCUT2D eigenvalue weighted by atomic mass is 14.6. The fraction of sp³-hybridized carbons (Fsp3) is 1.00. The second kappa shape index (κ2) is 9.21. The summed E-state index contributed by atoms with van der Waals surface area (Å²) in [5.41, 5.74) is 5.85. The van der Waals surface area contributed by atoms with E-state index in [0.717, 1.165) is 24.3 Å². The second-order valence-corrected chi connectivity index (χ2v) is 5.16. The molecule has 0 aromatic heterocycles. The lowest BCUT2D eigenvalue weighted by Gasteiger charge is -2.28. The molecule has 0 saturated heterocycles. The molecule has 15 heavy (non-hydrogen) atoms. The second-order valence-electron chi connectivity index (χ2n) is 5.16. The van der Waals surface area contributed by atoms with Crippen molar-refractivity contribution < 1.29 is 0 Å². The summed E-state index contributed by atoms with van der Waals surface area (Å²) in [6.07, 6.45) is 8.15. The predicted molar refractivity (Wildman–Crippen MR) is 69.9 cm³/mol. The van der Waals surface area contributed by atoms with Crippen LogP contribution in [0.15, 0.2) is 0 Å². The van der Waals surface area contributed by atoms with Crippen LogP contribution in [0.1, 0.15) is 66.2 Å². The molecule has 0 rings (SSSR count). The molecule has 0 bridgehead atoms. The summed E-state index contributed by atoms with van der Waals surface area (Å²) in [6.45, 7) is 10.1. The minimum Gasteiger partial charge on any atom is -0.330 e. The van der Waals surface area contributed by atoms with E-state index in [-0.39, 0.29) is 0 Å². The van der Waals surface area contributed by atoms with Crippen molar-refractivity contribution in [3.63, 3.8) is 0 Å². The van der Waals surface area contributed by atoms with Crippen molar-refractivity contribution >= 4 is 0 Å². The highest BCUT2D eigenvalue weighted by molar-refractivity contribution is 4.72. The maximum absolute atomic E-state index is 5.85. The summed E-state index contributed by atoms with van der Waals surface area (Å²) in [7, 11) is 0. The van der Waals surface area contributed by atoms with E-state index >= 15 is 0 Å². The highest BCUT2D eigenvalue weighted by Crippen LogP contribution is 2.28. The molecule has 0 heterocycles. The lowest BCUT2D eigenvalue weighted by molar-refractivity contribution is 0.229. The minimum absolute atomic E-state index is 0.742. The van der Waals surface area contributed by atoms with E-state index in [9.17, 15) is 0 Å². The van der Waals surface area contributed by atoms with Crippen molar-refractivity contribution in [2.24, 2.45) is 23.5 Å². The number of rotatable bonds is 9. The van der Waals surface area contributed by atoms with Crippen LogP contribution in [0.2, 0.25) is 0 Å². The fourth-order valence-electron chi connectivity index (χ4n) is 2.56. The van der Waals surface area contributed by atoms with Gasteiger partial charge in [0.25, 0.3) is 0 Å². The summed E-state index contributed by atoms with van der Waals surface area (Å²) < 4.78 is 0. The van der Waals surface area contributed by atoms with Crippen LogP contribution < -0.4 is 5.73 Å². The van der Waals surface area contributed by atoms with E-state index in [1.165, 1.54) is 38.5 Å². The van der Waals surface area contributed by atoms with Crippen LogP contribution >= 0.6 is 0 Å². The Labute approximate surface area is 96.8 Å².